The minimum Gasteiger partial charge on any atom is -0.411 e. The van der Waals surface area contributed by atoms with Gasteiger partial charge in [-0.05, 0) is 24.3 Å². The maximum absolute atomic E-state index is 13.0. The first-order chi connectivity index (χ1) is 7.70. The van der Waals surface area contributed by atoms with Crippen molar-refractivity contribution in [2.75, 3.05) is 0 Å². The molecule has 0 unspecified atom stereocenters. The largest absolute Gasteiger partial charge is 0.411 e. The van der Waals surface area contributed by atoms with E-state index in [-0.39, 0.29) is 11.0 Å². The summed E-state index contributed by atoms with van der Waals surface area (Å²) in [6, 6.07) is 5.82. The number of oxime groups is 1. The lowest BCUT2D eigenvalue weighted by molar-refractivity contribution is 0.322. The molecular weight excluding hydrogens is 219 g/mol. The van der Waals surface area contributed by atoms with E-state index in [1.165, 1.54) is 18.3 Å². The number of halogens is 2. The number of hydrogen-bond acceptors (Lipinski definition) is 3. The fourth-order valence-corrected chi connectivity index (χ4v) is 1.48. The zero-order chi connectivity index (χ0) is 11.5. The van der Waals surface area contributed by atoms with Crippen LogP contribution >= 0.6 is 11.6 Å². The highest BCUT2D eigenvalue weighted by atomic mass is 35.5. The van der Waals surface area contributed by atoms with E-state index in [1.807, 2.05) is 0 Å². The zero-order valence-electron chi connectivity index (χ0n) is 8.45. The van der Waals surface area contributed by atoms with E-state index in [4.69, 9.17) is 13.0 Å². The Morgan fingerprint density at radius 2 is 2.40 bits per heavy atom. The molecule has 0 aliphatic carbocycles. The van der Waals surface area contributed by atoms with Gasteiger partial charge in [-0.25, -0.2) is 9.37 Å². The van der Waals surface area contributed by atoms with Crippen LogP contribution in [0.4, 0.5) is 4.39 Å². The van der Waals surface area contributed by atoms with E-state index >= 15 is 0 Å². The van der Waals surface area contributed by atoms with E-state index in [1.54, 1.807) is 12.1 Å². The zero-order valence-corrected chi connectivity index (χ0v) is 8.20. The average Bonchev–Trinajstić information content (AvgIpc) is 2.27. The summed E-state index contributed by atoms with van der Waals surface area (Å²) >= 11 is 5.87. The quantitative estimate of drug-likeness (QED) is 0.370. The van der Waals surface area contributed by atoms with Gasteiger partial charge in [0.05, 0.1) is 11.7 Å². The fraction of sp³-hybridized carbons (Fsp3) is 0. The number of benzene rings is 1. The molecule has 2 aromatic rings. The van der Waals surface area contributed by atoms with Gasteiger partial charge < -0.3 is 5.21 Å². The number of pyridine rings is 1. The molecule has 5 heteroatoms. The van der Waals surface area contributed by atoms with Crippen LogP contribution in [0.2, 0.25) is 6.58 Å². The summed E-state index contributed by atoms with van der Waals surface area (Å²) in [5.41, 5.74) is 1.06. The molecule has 1 heterocycles. The molecule has 76 valence electrons. The summed E-state index contributed by atoms with van der Waals surface area (Å²) in [6.07, 6.45) is 1.24. The highest BCUT2D eigenvalue weighted by molar-refractivity contribution is 6.32. The monoisotopic (exact) mass is 225 g/mol. The Kier molecular flexibility index (Phi) is 2.20. The predicted molar refractivity (Wildman–Crippen MR) is 56.1 cm³/mol. The van der Waals surface area contributed by atoms with Crippen LogP contribution in [0.1, 0.15) is 5.56 Å². The van der Waals surface area contributed by atoms with Crippen LogP contribution in [0.25, 0.3) is 10.9 Å². The summed E-state index contributed by atoms with van der Waals surface area (Å²) in [6.45, 7) is 0. The highest BCUT2D eigenvalue weighted by Crippen LogP contribution is 2.20. The molecule has 0 saturated heterocycles. The smallest absolute Gasteiger partial charge is 0.330 e. The minimum absolute atomic E-state index is 0.222. The van der Waals surface area contributed by atoms with Crippen molar-refractivity contribution in [2.24, 2.45) is 5.16 Å². The maximum atomic E-state index is 13.0. The number of rotatable bonds is 2. The van der Waals surface area contributed by atoms with Crippen LogP contribution in [0, 0.1) is 5.82 Å². The SMILES string of the molecule is [2H]ON=Cc1cc2cc(F)ccc2nc1Cl. The van der Waals surface area contributed by atoms with Crippen LogP contribution < -0.4 is 0 Å². The summed E-state index contributed by atoms with van der Waals surface area (Å²) in [5.74, 6) is -0.351. The standard InChI is InChI=1S/C10H6ClFN2O/c11-10-7(5-13-15)3-6-4-8(12)1-2-9(6)14-10/h1-5,15H/i/hD. The summed E-state index contributed by atoms with van der Waals surface area (Å²) in [7, 11) is 0. The van der Waals surface area contributed by atoms with Gasteiger partial charge in [0.1, 0.15) is 11.0 Å². The normalized spacial score (nSPS) is 12.0. The molecule has 0 fully saturated rings. The molecule has 0 aliphatic rings. The van der Waals surface area contributed by atoms with Crippen molar-refractivity contribution in [3.63, 3.8) is 0 Å². The molecule has 1 aromatic heterocycles. The van der Waals surface area contributed by atoms with Gasteiger partial charge in [0, 0.05) is 10.9 Å². The number of aromatic nitrogens is 1. The summed E-state index contributed by atoms with van der Waals surface area (Å²) in [5, 5.41) is 7.88. The van der Waals surface area contributed by atoms with E-state index in [9.17, 15) is 4.39 Å². The fourth-order valence-electron chi connectivity index (χ4n) is 1.29. The Bertz CT molecular complexity index is 562. The average molecular weight is 226 g/mol. The first kappa shape index (κ1) is 8.61. The van der Waals surface area contributed by atoms with Crippen molar-refractivity contribution in [3.05, 3.63) is 40.8 Å². The minimum atomic E-state index is -0.351. The van der Waals surface area contributed by atoms with Gasteiger partial charge >= 0.3 is 1.43 Å². The van der Waals surface area contributed by atoms with Gasteiger partial charge in [0.15, 0.2) is 0 Å². The summed E-state index contributed by atoms with van der Waals surface area (Å²) < 4.78 is 19.4. The molecule has 0 saturated carbocycles. The molecule has 0 bridgehead atoms. The van der Waals surface area contributed by atoms with Crippen molar-refractivity contribution >= 4 is 28.7 Å². The van der Waals surface area contributed by atoms with Gasteiger partial charge in [0.25, 0.3) is 0 Å². The van der Waals surface area contributed by atoms with Crippen molar-refractivity contribution < 1.29 is 11.0 Å². The third-order valence-corrected chi connectivity index (χ3v) is 2.25. The second-order valence-corrected chi connectivity index (χ2v) is 3.30. The Morgan fingerprint density at radius 3 is 3.20 bits per heavy atom. The van der Waals surface area contributed by atoms with Gasteiger partial charge in [-0.15, -0.1) is 0 Å². The third-order valence-electron chi connectivity index (χ3n) is 1.95. The molecule has 1 N–H and O–H groups in total. The van der Waals surface area contributed by atoms with Crippen molar-refractivity contribution in [2.45, 2.75) is 0 Å². The van der Waals surface area contributed by atoms with Gasteiger partial charge in [-0.2, -0.15) is 0 Å². The van der Waals surface area contributed by atoms with Crippen LogP contribution in [-0.2, 0) is 0 Å². The van der Waals surface area contributed by atoms with Crippen LogP contribution in [0.3, 0.4) is 0 Å². The van der Waals surface area contributed by atoms with E-state index < -0.39 is 0 Å². The number of nitrogens with zero attached hydrogens (tertiary/aromatic N) is 2. The first-order valence-corrected chi connectivity index (χ1v) is 4.50. The molecule has 3 nitrogen and oxygen atoms in total. The highest BCUT2D eigenvalue weighted by Gasteiger charge is 2.03. The van der Waals surface area contributed by atoms with Crippen molar-refractivity contribution in [3.8, 4) is 0 Å². The molecule has 0 radical (unpaired) electrons. The van der Waals surface area contributed by atoms with Crippen molar-refractivity contribution in [1.29, 1.82) is 0 Å². The lowest BCUT2D eigenvalue weighted by atomic mass is 10.1. The van der Waals surface area contributed by atoms with Gasteiger partial charge in [-0.1, -0.05) is 16.8 Å². The number of hydrogen-bond donors (Lipinski definition) is 1. The van der Waals surface area contributed by atoms with Crippen LogP contribution in [-0.4, -0.2) is 16.4 Å². The molecule has 1 aromatic carbocycles. The van der Waals surface area contributed by atoms with E-state index in [0.717, 1.165) is 0 Å². The van der Waals surface area contributed by atoms with Crippen LogP contribution in [0.5, 0.6) is 0 Å². The molecule has 2 rings (SSSR count). The maximum Gasteiger partial charge on any atom is 0.330 e. The molecule has 0 spiro atoms. The van der Waals surface area contributed by atoms with E-state index in [2.05, 4.69) is 15.3 Å². The molecule has 0 atom stereocenters. The Morgan fingerprint density at radius 1 is 1.53 bits per heavy atom. The molecule has 0 aliphatic heterocycles. The topological polar surface area (TPSA) is 45.5 Å². The Balaban J connectivity index is 2.59. The third kappa shape index (κ3) is 1.89. The van der Waals surface area contributed by atoms with E-state index in [0.29, 0.717) is 16.5 Å². The number of fused-ring (bicyclic) bond motifs is 1. The Labute approximate surface area is 91.3 Å². The second kappa shape index (κ2) is 3.82. The van der Waals surface area contributed by atoms with Gasteiger partial charge in [-0.3, -0.25) is 0 Å². The lowest BCUT2D eigenvalue weighted by Gasteiger charge is -2.01. The lowest BCUT2D eigenvalue weighted by Crippen LogP contribution is -1.89. The van der Waals surface area contributed by atoms with Crippen molar-refractivity contribution in [1.82, 2.24) is 4.98 Å². The second-order valence-electron chi connectivity index (χ2n) is 2.94. The molecule has 0 amide bonds. The Hall–Kier alpha value is -1.68. The molecular formula is C10H6ClFN2O. The summed E-state index contributed by atoms with van der Waals surface area (Å²) in [4.78, 5) is 4.06. The first-order valence-electron chi connectivity index (χ1n) is 4.53. The predicted octanol–water partition coefficient (Wildman–Crippen LogP) is 2.84. The van der Waals surface area contributed by atoms with Gasteiger partial charge in [0.2, 0.25) is 0 Å². The van der Waals surface area contributed by atoms with Crippen LogP contribution in [0.15, 0.2) is 29.4 Å². The molecule has 15 heavy (non-hydrogen) atoms.